The molecule has 5 heteroatoms. The van der Waals surface area contributed by atoms with Gasteiger partial charge in [-0.05, 0) is 56.0 Å². The van der Waals surface area contributed by atoms with Gasteiger partial charge in [0.2, 0.25) is 11.8 Å². The van der Waals surface area contributed by atoms with Crippen LogP contribution in [0.2, 0.25) is 0 Å². The third-order valence-corrected chi connectivity index (χ3v) is 5.20. The zero-order chi connectivity index (χ0) is 19.9. The predicted octanol–water partition coefficient (Wildman–Crippen LogP) is 3.95. The zero-order valence-electron chi connectivity index (χ0n) is 16.6. The maximum Gasteiger partial charge on any atom is 0.227 e. The van der Waals surface area contributed by atoms with Crippen LogP contribution in [0, 0.1) is 19.8 Å². The van der Waals surface area contributed by atoms with Crippen LogP contribution in [0.15, 0.2) is 48.5 Å². The first kappa shape index (κ1) is 19.9. The fourth-order valence-electron chi connectivity index (χ4n) is 3.43. The summed E-state index contributed by atoms with van der Waals surface area (Å²) in [4.78, 5) is 26.8. The van der Waals surface area contributed by atoms with Crippen molar-refractivity contribution in [2.45, 2.75) is 33.1 Å². The molecule has 1 heterocycles. The van der Waals surface area contributed by atoms with Gasteiger partial charge >= 0.3 is 0 Å². The van der Waals surface area contributed by atoms with E-state index in [0.717, 1.165) is 22.6 Å². The summed E-state index contributed by atoms with van der Waals surface area (Å²) in [5, 5.41) is 3.05. The molecular formula is C23H28N2O3. The van der Waals surface area contributed by atoms with E-state index in [1.54, 1.807) is 0 Å². The minimum absolute atomic E-state index is 0.0493. The lowest BCUT2D eigenvalue weighted by atomic mass is 9.95. The van der Waals surface area contributed by atoms with E-state index in [-0.39, 0.29) is 17.7 Å². The molecule has 0 saturated carbocycles. The maximum atomic E-state index is 12.6. The van der Waals surface area contributed by atoms with Crippen molar-refractivity contribution in [3.05, 3.63) is 59.7 Å². The molecule has 0 spiro atoms. The van der Waals surface area contributed by atoms with E-state index in [0.29, 0.717) is 39.0 Å². The van der Waals surface area contributed by atoms with Gasteiger partial charge in [-0.15, -0.1) is 0 Å². The van der Waals surface area contributed by atoms with Gasteiger partial charge in [-0.1, -0.05) is 30.3 Å². The summed E-state index contributed by atoms with van der Waals surface area (Å²) in [6, 6.07) is 15.6. The quantitative estimate of drug-likeness (QED) is 0.825. The number of piperidine rings is 1. The Labute approximate surface area is 166 Å². The lowest BCUT2D eigenvalue weighted by molar-refractivity contribution is -0.135. The molecule has 1 aliphatic heterocycles. The molecule has 2 amide bonds. The van der Waals surface area contributed by atoms with Crippen molar-refractivity contribution in [3.8, 4) is 5.75 Å². The lowest BCUT2D eigenvalue weighted by Gasteiger charge is -2.31. The van der Waals surface area contributed by atoms with E-state index in [4.69, 9.17) is 4.74 Å². The molecule has 3 rings (SSSR count). The fraction of sp³-hybridized carbons (Fsp3) is 0.391. The number of aryl methyl sites for hydroxylation is 2. The Morgan fingerprint density at radius 3 is 2.50 bits per heavy atom. The summed E-state index contributed by atoms with van der Waals surface area (Å²) in [5.74, 6) is 0.860. The van der Waals surface area contributed by atoms with Crippen LogP contribution in [-0.4, -0.2) is 36.4 Å². The number of anilines is 1. The van der Waals surface area contributed by atoms with Crippen LogP contribution in [0.5, 0.6) is 5.75 Å². The van der Waals surface area contributed by atoms with Crippen LogP contribution in [0.25, 0.3) is 0 Å². The topological polar surface area (TPSA) is 58.6 Å². The Kier molecular flexibility index (Phi) is 6.69. The number of nitrogens with one attached hydrogen (secondary N) is 1. The number of hydrogen-bond acceptors (Lipinski definition) is 3. The van der Waals surface area contributed by atoms with Crippen LogP contribution in [0.4, 0.5) is 5.69 Å². The molecule has 148 valence electrons. The Bertz CT molecular complexity index is 812. The SMILES string of the molecule is Cc1ccc(C)c(NC(=O)C2CCN(C(=O)CCOc3ccccc3)CC2)c1. The molecular weight excluding hydrogens is 352 g/mol. The number of rotatable bonds is 6. The largest absolute Gasteiger partial charge is 0.493 e. The first-order valence-corrected chi connectivity index (χ1v) is 9.86. The van der Waals surface area contributed by atoms with Crippen LogP contribution in [0.1, 0.15) is 30.4 Å². The minimum Gasteiger partial charge on any atom is -0.493 e. The number of carbonyl (C=O) groups is 2. The van der Waals surface area contributed by atoms with Crippen molar-refractivity contribution in [1.29, 1.82) is 0 Å². The zero-order valence-corrected chi connectivity index (χ0v) is 16.6. The van der Waals surface area contributed by atoms with Crippen molar-refractivity contribution in [2.24, 2.45) is 5.92 Å². The monoisotopic (exact) mass is 380 g/mol. The second-order valence-corrected chi connectivity index (χ2v) is 7.37. The minimum atomic E-state index is -0.0514. The van der Waals surface area contributed by atoms with Crippen LogP contribution in [-0.2, 0) is 9.59 Å². The second kappa shape index (κ2) is 9.40. The highest BCUT2D eigenvalue weighted by molar-refractivity contribution is 5.93. The smallest absolute Gasteiger partial charge is 0.227 e. The number of benzene rings is 2. The molecule has 28 heavy (non-hydrogen) atoms. The summed E-state index contributed by atoms with van der Waals surface area (Å²) < 4.78 is 5.60. The van der Waals surface area contributed by atoms with Crippen molar-refractivity contribution in [3.63, 3.8) is 0 Å². The van der Waals surface area contributed by atoms with E-state index >= 15 is 0 Å². The number of hydrogen-bond donors (Lipinski definition) is 1. The van der Waals surface area contributed by atoms with E-state index in [1.807, 2.05) is 67.3 Å². The van der Waals surface area contributed by atoms with Crippen LogP contribution < -0.4 is 10.1 Å². The Balaban J connectivity index is 1.42. The van der Waals surface area contributed by atoms with Gasteiger partial charge in [0.15, 0.2) is 0 Å². The van der Waals surface area contributed by atoms with Gasteiger partial charge in [-0.3, -0.25) is 9.59 Å². The first-order chi connectivity index (χ1) is 13.5. The summed E-state index contributed by atoms with van der Waals surface area (Å²) in [6.45, 7) is 5.62. The summed E-state index contributed by atoms with van der Waals surface area (Å²) in [6.07, 6.45) is 1.75. The molecule has 2 aromatic carbocycles. The molecule has 0 radical (unpaired) electrons. The van der Waals surface area contributed by atoms with Crippen LogP contribution in [0.3, 0.4) is 0 Å². The molecule has 1 saturated heterocycles. The number of ether oxygens (including phenoxy) is 1. The summed E-state index contributed by atoms with van der Waals surface area (Å²) in [5.41, 5.74) is 3.06. The average Bonchev–Trinajstić information content (AvgIpc) is 2.71. The standard InChI is InChI=1S/C23H28N2O3/c1-17-8-9-18(2)21(16-17)24-23(27)19-10-13-25(14-11-19)22(26)12-15-28-20-6-4-3-5-7-20/h3-9,16,19H,10-15H2,1-2H3,(H,24,27). The molecule has 0 atom stereocenters. The summed E-state index contributed by atoms with van der Waals surface area (Å²) >= 11 is 0. The van der Waals surface area contributed by atoms with E-state index in [1.165, 1.54) is 0 Å². The van der Waals surface area contributed by atoms with E-state index in [9.17, 15) is 9.59 Å². The number of amides is 2. The third kappa shape index (κ3) is 5.35. The predicted molar refractivity (Wildman–Crippen MR) is 110 cm³/mol. The van der Waals surface area contributed by atoms with Crippen molar-refractivity contribution in [2.75, 3.05) is 25.0 Å². The number of likely N-dealkylation sites (tertiary alicyclic amines) is 1. The highest BCUT2D eigenvalue weighted by Crippen LogP contribution is 2.22. The number of para-hydroxylation sites is 1. The fourth-order valence-corrected chi connectivity index (χ4v) is 3.43. The van der Waals surface area contributed by atoms with Crippen molar-refractivity contribution >= 4 is 17.5 Å². The van der Waals surface area contributed by atoms with Crippen molar-refractivity contribution in [1.82, 2.24) is 4.90 Å². The van der Waals surface area contributed by atoms with Gasteiger partial charge in [0.05, 0.1) is 13.0 Å². The van der Waals surface area contributed by atoms with E-state index in [2.05, 4.69) is 5.32 Å². The van der Waals surface area contributed by atoms with E-state index < -0.39 is 0 Å². The molecule has 0 aromatic heterocycles. The number of nitrogens with zero attached hydrogens (tertiary/aromatic N) is 1. The van der Waals surface area contributed by atoms with Crippen molar-refractivity contribution < 1.29 is 14.3 Å². The van der Waals surface area contributed by atoms with Gasteiger partial charge < -0.3 is 15.0 Å². The first-order valence-electron chi connectivity index (χ1n) is 9.86. The van der Waals surface area contributed by atoms with Gasteiger partial charge in [-0.2, -0.15) is 0 Å². The Hall–Kier alpha value is -2.82. The highest BCUT2D eigenvalue weighted by Gasteiger charge is 2.27. The molecule has 0 bridgehead atoms. The molecule has 1 aliphatic rings. The van der Waals surface area contributed by atoms with Crippen LogP contribution >= 0.6 is 0 Å². The molecule has 2 aromatic rings. The normalized spacial score (nSPS) is 14.6. The van der Waals surface area contributed by atoms with Gasteiger partial charge in [0, 0.05) is 24.7 Å². The molecule has 0 aliphatic carbocycles. The average molecular weight is 380 g/mol. The molecule has 1 fully saturated rings. The Morgan fingerprint density at radius 1 is 1.07 bits per heavy atom. The highest BCUT2D eigenvalue weighted by atomic mass is 16.5. The summed E-state index contributed by atoms with van der Waals surface area (Å²) in [7, 11) is 0. The molecule has 1 N–H and O–H groups in total. The van der Waals surface area contributed by atoms with Gasteiger partial charge in [0.25, 0.3) is 0 Å². The van der Waals surface area contributed by atoms with Gasteiger partial charge in [0.1, 0.15) is 5.75 Å². The number of carbonyl (C=O) groups excluding carboxylic acids is 2. The van der Waals surface area contributed by atoms with Gasteiger partial charge in [-0.25, -0.2) is 0 Å². The maximum absolute atomic E-state index is 12.6. The lowest BCUT2D eigenvalue weighted by Crippen LogP contribution is -2.41. The third-order valence-electron chi connectivity index (χ3n) is 5.20. The molecule has 0 unspecified atom stereocenters. The Morgan fingerprint density at radius 2 is 1.79 bits per heavy atom. The second-order valence-electron chi connectivity index (χ2n) is 7.37. The molecule has 5 nitrogen and oxygen atoms in total.